The number of hydrogen-bond acceptors (Lipinski definition) is 4. The van der Waals surface area contributed by atoms with Gasteiger partial charge < -0.3 is 0 Å². The van der Waals surface area contributed by atoms with E-state index in [1.165, 1.54) is 0 Å². The van der Waals surface area contributed by atoms with E-state index in [1.54, 1.807) is 29.2 Å². The summed E-state index contributed by atoms with van der Waals surface area (Å²) >= 11 is 0. The van der Waals surface area contributed by atoms with Crippen LogP contribution >= 0.6 is 0 Å². The molecule has 3 aromatic rings. The van der Waals surface area contributed by atoms with Gasteiger partial charge in [0, 0.05) is 18.0 Å². The minimum Gasteiger partial charge on any atom is -0.265 e. The Bertz CT molecular complexity index is 738. The van der Waals surface area contributed by atoms with Gasteiger partial charge >= 0.3 is 0 Å². The predicted octanol–water partition coefficient (Wildman–Crippen LogP) is 2.26. The molecule has 5 heteroatoms. The Kier molecular flexibility index (Phi) is 3.21. The molecular weight excluding hydrogens is 250 g/mol. The monoisotopic (exact) mass is 261 g/mol. The summed E-state index contributed by atoms with van der Waals surface area (Å²) in [5.41, 5.74) is 3.50. The number of pyridine rings is 1. The first-order valence-electron chi connectivity index (χ1n) is 6.15. The summed E-state index contributed by atoms with van der Waals surface area (Å²) in [5.74, 6) is 0. The first-order chi connectivity index (χ1) is 9.85. The topological polar surface area (TPSA) is 67.4 Å². The van der Waals surface area contributed by atoms with Gasteiger partial charge in [0.05, 0.1) is 24.4 Å². The summed E-state index contributed by atoms with van der Waals surface area (Å²) in [5, 5.41) is 17.0. The quantitative estimate of drug-likeness (QED) is 0.725. The molecule has 20 heavy (non-hydrogen) atoms. The van der Waals surface area contributed by atoms with Crippen molar-refractivity contribution in [3.8, 4) is 17.3 Å². The molecule has 0 saturated heterocycles. The van der Waals surface area contributed by atoms with E-state index >= 15 is 0 Å². The lowest BCUT2D eigenvalue weighted by Gasteiger charge is -1.99. The Morgan fingerprint density at radius 2 is 1.80 bits per heavy atom. The highest BCUT2D eigenvalue weighted by Gasteiger charge is 2.04. The van der Waals surface area contributed by atoms with Crippen LogP contribution in [0.15, 0.2) is 55.0 Å². The summed E-state index contributed by atoms with van der Waals surface area (Å²) in [7, 11) is 0. The van der Waals surface area contributed by atoms with Crippen molar-refractivity contribution < 1.29 is 0 Å². The molecule has 0 N–H and O–H groups in total. The highest BCUT2D eigenvalue weighted by atomic mass is 15.4. The Morgan fingerprint density at radius 1 is 1.05 bits per heavy atom. The molecule has 0 unspecified atom stereocenters. The molecule has 3 rings (SSSR count). The summed E-state index contributed by atoms with van der Waals surface area (Å²) in [6, 6.07) is 13.3. The Labute approximate surface area is 116 Å². The third-order valence-electron chi connectivity index (χ3n) is 2.94. The Morgan fingerprint density at radius 3 is 2.50 bits per heavy atom. The molecule has 0 saturated carbocycles. The van der Waals surface area contributed by atoms with Crippen LogP contribution in [0, 0.1) is 11.3 Å². The van der Waals surface area contributed by atoms with Gasteiger partial charge in [-0.25, -0.2) is 4.68 Å². The molecule has 0 amide bonds. The second-order valence-corrected chi connectivity index (χ2v) is 4.35. The lowest BCUT2D eigenvalue weighted by molar-refractivity contribution is 0.649. The van der Waals surface area contributed by atoms with Crippen LogP contribution in [-0.2, 0) is 6.54 Å². The van der Waals surface area contributed by atoms with E-state index in [4.69, 9.17) is 5.26 Å². The molecule has 0 aliphatic heterocycles. The standard InChI is InChI=1S/C15H11N5/c16-9-12-1-3-14(4-2-12)15-11-20(19-18-15)10-13-5-7-17-8-6-13/h1-8,11H,10H2. The fourth-order valence-electron chi connectivity index (χ4n) is 1.90. The molecular formula is C15H11N5. The zero-order valence-corrected chi connectivity index (χ0v) is 10.6. The van der Waals surface area contributed by atoms with Gasteiger partial charge in [-0.1, -0.05) is 17.3 Å². The van der Waals surface area contributed by atoms with Crippen molar-refractivity contribution in [2.75, 3.05) is 0 Å². The number of aromatic nitrogens is 4. The van der Waals surface area contributed by atoms with Gasteiger partial charge in [-0.3, -0.25) is 4.98 Å². The highest BCUT2D eigenvalue weighted by molar-refractivity contribution is 5.58. The molecule has 2 aromatic heterocycles. The van der Waals surface area contributed by atoms with Crippen molar-refractivity contribution in [1.29, 1.82) is 5.26 Å². The average molecular weight is 261 g/mol. The lowest BCUT2D eigenvalue weighted by Crippen LogP contribution is -2.00. The number of nitriles is 1. The molecule has 0 atom stereocenters. The van der Waals surface area contributed by atoms with Crippen molar-refractivity contribution in [2.24, 2.45) is 0 Å². The van der Waals surface area contributed by atoms with Crippen molar-refractivity contribution in [2.45, 2.75) is 6.54 Å². The fourth-order valence-corrected chi connectivity index (χ4v) is 1.90. The smallest absolute Gasteiger partial charge is 0.113 e. The van der Waals surface area contributed by atoms with Crippen molar-refractivity contribution in [3.05, 3.63) is 66.1 Å². The van der Waals surface area contributed by atoms with Crippen LogP contribution < -0.4 is 0 Å². The van der Waals surface area contributed by atoms with Gasteiger partial charge in [0.25, 0.3) is 0 Å². The molecule has 96 valence electrons. The number of hydrogen-bond donors (Lipinski definition) is 0. The van der Waals surface area contributed by atoms with E-state index < -0.39 is 0 Å². The molecule has 0 bridgehead atoms. The number of benzene rings is 1. The van der Waals surface area contributed by atoms with E-state index in [0.717, 1.165) is 16.8 Å². The third kappa shape index (κ3) is 2.54. The molecule has 0 aliphatic carbocycles. The van der Waals surface area contributed by atoms with Gasteiger partial charge in [-0.15, -0.1) is 5.10 Å². The van der Waals surface area contributed by atoms with Gasteiger partial charge in [-0.05, 0) is 29.8 Å². The zero-order chi connectivity index (χ0) is 13.8. The van der Waals surface area contributed by atoms with Gasteiger partial charge in [0.1, 0.15) is 5.69 Å². The van der Waals surface area contributed by atoms with Crippen LogP contribution in [-0.4, -0.2) is 20.0 Å². The molecule has 2 heterocycles. The SMILES string of the molecule is N#Cc1ccc(-c2cn(Cc3ccncc3)nn2)cc1. The van der Waals surface area contributed by atoms with Crippen LogP contribution in [0.1, 0.15) is 11.1 Å². The predicted molar refractivity (Wildman–Crippen MR) is 73.5 cm³/mol. The molecule has 5 nitrogen and oxygen atoms in total. The van der Waals surface area contributed by atoms with E-state index in [1.807, 2.05) is 30.5 Å². The summed E-state index contributed by atoms with van der Waals surface area (Å²) in [6.07, 6.45) is 5.41. The van der Waals surface area contributed by atoms with E-state index in [-0.39, 0.29) is 0 Å². The van der Waals surface area contributed by atoms with Crippen LogP contribution in [0.4, 0.5) is 0 Å². The van der Waals surface area contributed by atoms with Crippen molar-refractivity contribution in [3.63, 3.8) is 0 Å². The Hall–Kier alpha value is -3.00. The van der Waals surface area contributed by atoms with Crippen LogP contribution in [0.5, 0.6) is 0 Å². The van der Waals surface area contributed by atoms with E-state index in [9.17, 15) is 0 Å². The largest absolute Gasteiger partial charge is 0.265 e. The van der Waals surface area contributed by atoms with Gasteiger partial charge in [-0.2, -0.15) is 5.26 Å². The highest BCUT2D eigenvalue weighted by Crippen LogP contribution is 2.16. The van der Waals surface area contributed by atoms with Crippen molar-refractivity contribution in [1.82, 2.24) is 20.0 Å². The van der Waals surface area contributed by atoms with Crippen LogP contribution in [0.25, 0.3) is 11.3 Å². The minimum atomic E-state index is 0.637. The molecule has 0 fully saturated rings. The fraction of sp³-hybridized carbons (Fsp3) is 0.0667. The Balaban J connectivity index is 1.81. The lowest BCUT2D eigenvalue weighted by atomic mass is 10.1. The first-order valence-corrected chi connectivity index (χ1v) is 6.15. The second-order valence-electron chi connectivity index (χ2n) is 4.35. The van der Waals surface area contributed by atoms with Crippen molar-refractivity contribution >= 4 is 0 Å². The van der Waals surface area contributed by atoms with Gasteiger partial charge in [0.2, 0.25) is 0 Å². The third-order valence-corrected chi connectivity index (χ3v) is 2.94. The zero-order valence-electron chi connectivity index (χ0n) is 10.6. The second kappa shape index (κ2) is 5.33. The molecule has 1 aromatic carbocycles. The normalized spacial score (nSPS) is 10.2. The summed E-state index contributed by atoms with van der Waals surface area (Å²) in [6.45, 7) is 0.659. The molecule has 0 spiro atoms. The molecule has 0 radical (unpaired) electrons. The summed E-state index contributed by atoms with van der Waals surface area (Å²) < 4.78 is 1.78. The summed E-state index contributed by atoms with van der Waals surface area (Å²) in [4.78, 5) is 3.98. The maximum absolute atomic E-state index is 8.78. The van der Waals surface area contributed by atoms with E-state index in [0.29, 0.717) is 12.1 Å². The number of nitrogens with zero attached hydrogens (tertiary/aromatic N) is 5. The maximum atomic E-state index is 8.78. The minimum absolute atomic E-state index is 0.637. The van der Waals surface area contributed by atoms with Crippen LogP contribution in [0.3, 0.4) is 0 Å². The maximum Gasteiger partial charge on any atom is 0.113 e. The average Bonchev–Trinajstić information content (AvgIpc) is 2.97. The molecule has 0 aliphatic rings. The van der Waals surface area contributed by atoms with E-state index in [2.05, 4.69) is 21.4 Å². The number of rotatable bonds is 3. The van der Waals surface area contributed by atoms with Gasteiger partial charge in [0.15, 0.2) is 0 Å². The van der Waals surface area contributed by atoms with Crippen LogP contribution in [0.2, 0.25) is 0 Å². The first kappa shape index (κ1) is 12.1.